The highest BCUT2D eigenvalue weighted by molar-refractivity contribution is 5.09. The van der Waals surface area contributed by atoms with Gasteiger partial charge < -0.3 is 9.47 Å². The van der Waals surface area contributed by atoms with Crippen molar-refractivity contribution in [1.82, 2.24) is 9.97 Å². The van der Waals surface area contributed by atoms with Gasteiger partial charge in [0.05, 0.1) is 19.0 Å². The summed E-state index contributed by atoms with van der Waals surface area (Å²) in [6, 6.07) is 0. The summed E-state index contributed by atoms with van der Waals surface area (Å²) >= 11 is 0. The van der Waals surface area contributed by atoms with E-state index in [0.29, 0.717) is 12.4 Å². The van der Waals surface area contributed by atoms with Crippen molar-refractivity contribution < 1.29 is 9.47 Å². The fourth-order valence-electron chi connectivity index (χ4n) is 0.713. The Kier molecular flexibility index (Phi) is 1.69. The van der Waals surface area contributed by atoms with Gasteiger partial charge in [-0.2, -0.15) is 0 Å². The second-order valence-corrected chi connectivity index (χ2v) is 2.34. The summed E-state index contributed by atoms with van der Waals surface area (Å²) in [7, 11) is 0. The van der Waals surface area contributed by atoms with Crippen LogP contribution >= 0.6 is 0 Å². The summed E-state index contributed by atoms with van der Waals surface area (Å²) in [5, 5.41) is 0. The van der Waals surface area contributed by atoms with Crippen molar-refractivity contribution in [1.29, 1.82) is 0 Å². The molecule has 0 bridgehead atoms. The second-order valence-electron chi connectivity index (χ2n) is 2.34. The molecule has 1 atom stereocenters. The Morgan fingerprint density at radius 2 is 2.27 bits per heavy atom. The zero-order chi connectivity index (χ0) is 7.52. The molecular weight excluding hydrogens is 144 g/mol. The Morgan fingerprint density at radius 3 is 2.91 bits per heavy atom. The molecule has 4 heteroatoms. The number of rotatable bonds is 3. The first-order valence-corrected chi connectivity index (χ1v) is 3.44. The smallest absolute Gasteiger partial charge is 0.156 e. The predicted molar refractivity (Wildman–Crippen MR) is 37.3 cm³/mol. The van der Waals surface area contributed by atoms with Crippen LogP contribution in [0, 0.1) is 0 Å². The topological polar surface area (TPSA) is 47.5 Å². The molecule has 1 unspecified atom stereocenters. The van der Waals surface area contributed by atoms with E-state index in [9.17, 15) is 0 Å². The first-order valence-electron chi connectivity index (χ1n) is 3.44. The molecule has 2 rings (SSSR count). The summed E-state index contributed by atoms with van der Waals surface area (Å²) in [6.45, 7) is 1.42. The summed E-state index contributed by atoms with van der Waals surface area (Å²) in [5.74, 6) is 0.697. The molecule has 1 aromatic heterocycles. The zero-order valence-corrected chi connectivity index (χ0v) is 5.93. The first-order chi connectivity index (χ1) is 5.45. The monoisotopic (exact) mass is 152 g/mol. The van der Waals surface area contributed by atoms with E-state index in [4.69, 9.17) is 9.47 Å². The molecule has 58 valence electrons. The molecule has 1 aliphatic rings. The van der Waals surface area contributed by atoms with Crippen LogP contribution in [0.2, 0.25) is 0 Å². The lowest BCUT2D eigenvalue weighted by molar-refractivity contribution is 0.261. The van der Waals surface area contributed by atoms with E-state index >= 15 is 0 Å². The number of aromatic nitrogens is 2. The summed E-state index contributed by atoms with van der Waals surface area (Å²) in [5.41, 5.74) is 0. The Morgan fingerprint density at radius 1 is 1.55 bits per heavy atom. The molecule has 1 saturated heterocycles. The lowest BCUT2D eigenvalue weighted by Gasteiger charge is -2.00. The average molecular weight is 152 g/mol. The van der Waals surface area contributed by atoms with Crippen LogP contribution in [0.5, 0.6) is 5.75 Å². The van der Waals surface area contributed by atoms with Gasteiger partial charge in [0.15, 0.2) is 5.75 Å². The fraction of sp³-hybridized carbons (Fsp3) is 0.429. The van der Waals surface area contributed by atoms with Gasteiger partial charge in [0.2, 0.25) is 0 Å². The molecule has 0 saturated carbocycles. The number of hydrogen-bond acceptors (Lipinski definition) is 4. The lowest BCUT2D eigenvalue weighted by atomic mass is 10.5. The van der Waals surface area contributed by atoms with Crippen molar-refractivity contribution in [3.05, 3.63) is 18.7 Å². The predicted octanol–water partition coefficient (Wildman–Crippen LogP) is 0.254. The minimum atomic E-state index is 0.287. The Balaban J connectivity index is 1.85. The van der Waals surface area contributed by atoms with Gasteiger partial charge in [0.25, 0.3) is 0 Å². The molecule has 2 heterocycles. The SMILES string of the molecule is c1ncc(OCC2CO2)cn1. The first kappa shape index (κ1) is 6.54. The van der Waals surface area contributed by atoms with Crippen molar-refractivity contribution in [2.75, 3.05) is 13.2 Å². The third-order valence-electron chi connectivity index (χ3n) is 1.38. The molecule has 0 amide bonds. The number of ether oxygens (including phenoxy) is 2. The van der Waals surface area contributed by atoms with Crippen molar-refractivity contribution in [3.63, 3.8) is 0 Å². The van der Waals surface area contributed by atoms with Gasteiger partial charge in [-0.3, -0.25) is 0 Å². The number of epoxide rings is 1. The molecule has 0 aliphatic carbocycles. The van der Waals surface area contributed by atoms with Crippen LogP contribution in [0.15, 0.2) is 18.7 Å². The Hall–Kier alpha value is -1.16. The van der Waals surface area contributed by atoms with E-state index in [1.165, 1.54) is 6.33 Å². The molecule has 1 fully saturated rings. The van der Waals surface area contributed by atoms with E-state index in [1.54, 1.807) is 12.4 Å². The summed E-state index contributed by atoms with van der Waals surface area (Å²) in [4.78, 5) is 7.61. The average Bonchev–Trinajstić information content (AvgIpc) is 2.86. The van der Waals surface area contributed by atoms with Gasteiger partial charge in [-0.25, -0.2) is 9.97 Å². The van der Waals surface area contributed by atoms with Crippen molar-refractivity contribution >= 4 is 0 Å². The number of hydrogen-bond donors (Lipinski definition) is 0. The highest BCUT2D eigenvalue weighted by atomic mass is 16.6. The molecule has 0 radical (unpaired) electrons. The van der Waals surface area contributed by atoms with Gasteiger partial charge in [0.1, 0.15) is 19.0 Å². The van der Waals surface area contributed by atoms with E-state index in [0.717, 1.165) is 6.61 Å². The highest BCUT2D eigenvalue weighted by Crippen LogP contribution is 2.11. The standard InChI is InChI=1S/C7H8N2O2/c1-6(2-9-5-8-1)10-3-7-4-11-7/h1-2,5,7H,3-4H2. The third-order valence-corrected chi connectivity index (χ3v) is 1.38. The van der Waals surface area contributed by atoms with Crippen molar-refractivity contribution in [2.24, 2.45) is 0 Å². The van der Waals surface area contributed by atoms with Crippen molar-refractivity contribution in [2.45, 2.75) is 6.10 Å². The summed E-state index contributed by atoms with van der Waals surface area (Å²) < 4.78 is 10.2. The van der Waals surface area contributed by atoms with E-state index in [-0.39, 0.29) is 6.10 Å². The lowest BCUT2D eigenvalue weighted by Crippen LogP contribution is -2.04. The molecule has 0 spiro atoms. The molecule has 11 heavy (non-hydrogen) atoms. The maximum Gasteiger partial charge on any atom is 0.156 e. The minimum Gasteiger partial charge on any atom is -0.488 e. The second kappa shape index (κ2) is 2.84. The van der Waals surface area contributed by atoms with Gasteiger partial charge in [0, 0.05) is 0 Å². The van der Waals surface area contributed by atoms with Crippen LogP contribution in [0.1, 0.15) is 0 Å². The van der Waals surface area contributed by atoms with Crippen LogP contribution in [0.4, 0.5) is 0 Å². The zero-order valence-electron chi connectivity index (χ0n) is 5.93. The molecule has 1 aliphatic heterocycles. The van der Waals surface area contributed by atoms with Gasteiger partial charge in [-0.1, -0.05) is 0 Å². The van der Waals surface area contributed by atoms with Gasteiger partial charge >= 0.3 is 0 Å². The Bertz CT molecular complexity index is 223. The quantitative estimate of drug-likeness (QED) is 0.582. The van der Waals surface area contributed by atoms with Gasteiger partial charge in [-0.05, 0) is 0 Å². The maximum absolute atomic E-state index is 5.28. The van der Waals surface area contributed by atoms with E-state index in [2.05, 4.69) is 9.97 Å². The number of nitrogens with zero attached hydrogens (tertiary/aromatic N) is 2. The molecular formula is C7H8N2O2. The Labute approximate surface area is 64.2 Å². The van der Waals surface area contributed by atoms with Crippen LogP contribution in [0.25, 0.3) is 0 Å². The third kappa shape index (κ3) is 1.88. The van der Waals surface area contributed by atoms with Gasteiger partial charge in [-0.15, -0.1) is 0 Å². The molecule has 1 aromatic rings. The largest absolute Gasteiger partial charge is 0.488 e. The molecule has 4 nitrogen and oxygen atoms in total. The van der Waals surface area contributed by atoms with Crippen LogP contribution < -0.4 is 4.74 Å². The van der Waals surface area contributed by atoms with Crippen LogP contribution in [-0.4, -0.2) is 29.3 Å². The molecule has 0 aromatic carbocycles. The highest BCUT2D eigenvalue weighted by Gasteiger charge is 2.22. The van der Waals surface area contributed by atoms with Crippen molar-refractivity contribution in [3.8, 4) is 5.75 Å². The maximum atomic E-state index is 5.28. The van der Waals surface area contributed by atoms with Crippen LogP contribution in [-0.2, 0) is 4.74 Å². The normalized spacial score (nSPS) is 21.3. The van der Waals surface area contributed by atoms with E-state index < -0.39 is 0 Å². The van der Waals surface area contributed by atoms with Crippen LogP contribution in [0.3, 0.4) is 0 Å². The molecule has 0 N–H and O–H groups in total. The fourth-order valence-corrected chi connectivity index (χ4v) is 0.713. The minimum absolute atomic E-state index is 0.287. The van der Waals surface area contributed by atoms with E-state index in [1.807, 2.05) is 0 Å². The summed E-state index contributed by atoms with van der Waals surface area (Å²) in [6.07, 6.45) is 5.03.